The molecule has 0 saturated heterocycles. The molecule has 0 aliphatic heterocycles. The van der Waals surface area contributed by atoms with Crippen LogP contribution in [0.3, 0.4) is 0 Å². The third-order valence-electron chi connectivity index (χ3n) is 2.82. The largest absolute Gasteiger partial charge is 0.417 e. The Kier molecular flexibility index (Phi) is 8.02. The average molecular weight is 249 g/mol. The molecule has 0 fully saturated rings. The molecule has 1 aromatic rings. The predicted octanol–water partition coefficient (Wildman–Crippen LogP) is 4.45. The van der Waals surface area contributed by atoms with Gasteiger partial charge in [-0.2, -0.15) is 0 Å². The molecule has 1 aromatic carbocycles. The maximum Gasteiger partial charge on any atom is 0.211 e. The molecule has 1 radical (unpaired) electrons. The molecule has 0 spiro atoms. The topological polar surface area (TPSA) is 9.23 Å². The average Bonchev–Trinajstić information content (AvgIpc) is 2.36. The molecule has 0 aromatic heterocycles. The normalized spacial score (nSPS) is 11.0. The zero-order chi connectivity index (χ0) is 12.3. The standard InChI is InChI=1S/C15H25OSi/c1-3-13-17(14-4-2)16-12-8-11-15-9-6-5-7-10-15/h5-7,9-10H,3-4,8,11-14H2,1-2H3. The van der Waals surface area contributed by atoms with E-state index in [0.717, 1.165) is 19.4 Å². The smallest absolute Gasteiger partial charge is 0.211 e. The first-order valence-corrected chi connectivity index (χ1v) is 8.70. The maximum absolute atomic E-state index is 6.05. The van der Waals surface area contributed by atoms with Crippen LogP contribution in [-0.2, 0) is 10.8 Å². The molecule has 0 aliphatic carbocycles. The fourth-order valence-electron chi connectivity index (χ4n) is 1.96. The van der Waals surface area contributed by atoms with Gasteiger partial charge in [0, 0.05) is 6.61 Å². The Bertz CT molecular complexity index is 268. The third-order valence-corrected chi connectivity index (χ3v) is 5.54. The van der Waals surface area contributed by atoms with Crippen molar-refractivity contribution >= 4 is 9.04 Å². The molecule has 0 saturated carbocycles. The highest BCUT2D eigenvalue weighted by Crippen LogP contribution is 2.09. The van der Waals surface area contributed by atoms with E-state index in [9.17, 15) is 0 Å². The minimum absolute atomic E-state index is 0.500. The van der Waals surface area contributed by atoms with Crippen molar-refractivity contribution < 1.29 is 4.43 Å². The summed E-state index contributed by atoms with van der Waals surface area (Å²) in [7, 11) is -0.500. The molecule has 95 valence electrons. The summed E-state index contributed by atoms with van der Waals surface area (Å²) in [6, 6.07) is 13.3. The summed E-state index contributed by atoms with van der Waals surface area (Å²) >= 11 is 0. The van der Waals surface area contributed by atoms with Crippen molar-refractivity contribution in [1.29, 1.82) is 0 Å². The zero-order valence-corrected chi connectivity index (χ0v) is 12.2. The van der Waals surface area contributed by atoms with Gasteiger partial charge in [0.2, 0.25) is 9.04 Å². The zero-order valence-electron chi connectivity index (χ0n) is 11.2. The Morgan fingerprint density at radius 2 is 1.65 bits per heavy atom. The summed E-state index contributed by atoms with van der Waals surface area (Å²) in [6.07, 6.45) is 4.85. The van der Waals surface area contributed by atoms with Gasteiger partial charge in [-0.05, 0) is 30.5 Å². The van der Waals surface area contributed by atoms with E-state index in [1.807, 2.05) is 0 Å². The SMILES string of the molecule is CCC[Si](CCC)OCCCc1ccccc1. The summed E-state index contributed by atoms with van der Waals surface area (Å²) in [5, 5.41) is 0. The lowest BCUT2D eigenvalue weighted by Crippen LogP contribution is -2.18. The van der Waals surface area contributed by atoms with Crippen molar-refractivity contribution in [3.05, 3.63) is 35.9 Å². The monoisotopic (exact) mass is 249 g/mol. The summed E-state index contributed by atoms with van der Waals surface area (Å²) in [5.41, 5.74) is 1.43. The van der Waals surface area contributed by atoms with Gasteiger partial charge in [0.05, 0.1) is 0 Å². The van der Waals surface area contributed by atoms with Gasteiger partial charge in [-0.1, -0.05) is 57.0 Å². The molecule has 1 rings (SSSR count). The first kappa shape index (κ1) is 14.5. The number of benzene rings is 1. The molecule has 0 heterocycles. The van der Waals surface area contributed by atoms with Gasteiger partial charge < -0.3 is 4.43 Å². The van der Waals surface area contributed by atoms with Gasteiger partial charge in [0.15, 0.2) is 0 Å². The number of rotatable bonds is 9. The second kappa shape index (κ2) is 9.43. The molecular formula is C15H25OSi. The summed E-state index contributed by atoms with van der Waals surface area (Å²) < 4.78 is 6.05. The van der Waals surface area contributed by atoms with Crippen molar-refractivity contribution in [3.8, 4) is 0 Å². The predicted molar refractivity (Wildman–Crippen MR) is 76.7 cm³/mol. The molecule has 0 unspecified atom stereocenters. The van der Waals surface area contributed by atoms with E-state index in [2.05, 4.69) is 44.2 Å². The number of aryl methyl sites for hydroxylation is 1. The minimum Gasteiger partial charge on any atom is -0.417 e. The van der Waals surface area contributed by atoms with E-state index in [1.165, 1.54) is 30.5 Å². The molecule has 1 nitrogen and oxygen atoms in total. The van der Waals surface area contributed by atoms with Crippen LogP contribution in [0.25, 0.3) is 0 Å². The fraction of sp³-hybridized carbons (Fsp3) is 0.600. The molecule has 17 heavy (non-hydrogen) atoms. The molecule has 2 heteroatoms. The fourth-order valence-corrected chi connectivity index (χ4v) is 4.05. The Morgan fingerprint density at radius 1 is 1.00 bits per heavy atom. The van der Waals surface area contributed by atoms with E-state index in [-0.39, 0.29) is 0 Å². The van der Waals surface area contributed by atoms with E-state index in [4.69, 9.17) is 4.43 Å². The van der Waals surface area contributed by atoms with Gasteiger partial charge in [-0.25, -0.2) is 0 Å². The second-order valence-electron chi connectivity index (χ2n) is 4.48. The van der Waals surface area contributed by atoms with Crippen molar-refractivity contribution in [2.45, 2.75) is 51.6 Å². The van der Waals surface area contributed by atoms with Crippen molar-refractivity contribution in [1.82, 2.24) is 0 Å². The van der Waals surface area contributed by atoms with Crippen molar-refractivity contribution in [2.75, 3.05) is 6.61 Å². The lowest BCUT2D eigenvalue weighted by molar-refractivity contribution is 0.310. The van der Waals surface area contributed by atoms with Crippen LogP contribution in [0.1, 0.15) is 38.7 Å². The van der Waals surface area contributed by atoms with E-state index < -0.39 is 9.04 Å². The maximum atomic E-state index is 6.05. The molecule has 0 aliphatic rings. The number of hydrogen-bond acceptors (Lipinski definition) is 1. The van der Waals surface area contributed by atoms with E-state index in [0.29, 0.717) is 0 Å². The van der Waals surface area contributed by atoms with Crippen LogP contribution in [0.2, 0.25) is 12.1 Å². The second-order valence-corrected chi connectivity index (χ2v) is 6.84. The Labute approximate surface area is 108 Å². The minimum atomic E-state index is -0.500. The van der Waals surface area contributed by atoms with Gasteiger partial charge in [-0.3, -0.25) is 0 Å². The van der Waals surface area contributed by atoms with Crippen molar-refractivity contribution in [3.63, 3.8) is 0 Å². The third kappa shape index (κ3) is 6.64. The Balaban J connectivity index is 2.13. The van der Waals surface area contributed by atoms with Crippen LogP contribution >= 0.6 is 0 Å². The highest BCUT2D eigenvalue weighted by Gasteiger charge is 2.10. The quantitative estimate of drug-likeness (QED) is 0.464. The van der Waals surface area contributed by atoms with Crippen LogP contribution in [0.4, 0.5) is 0 Å². The molecule has 0 N–H and O–H groups in total. The highest BCUT2D eigenvalue weighted by atomic mass is 28.3. The molecule has 0 bridgehead atoms. The first-order chi connectivity index (χ1) is 8.36. The van der Waals surface area contributed by atoms with E-state index in [1.54, 1.807) is 0 Å². The number of hydrogen-bond donors (Lipinski definition) is 0. The molecule has 0 atom stereocenters. The van der Waals surface area contributed by atoms with Crippen molar-refractivity contribution in [2.24, 2.45) is 0 Å². The van der Waals surface area contributed by atoms with Gasteiger partial charge in [0.25, 0.3) is 0 Å². The van der Waals surface area contributed by atoms with Gasteiger partial charge >= 0.3 is 0 Å². The van der Waals surface area contributed by atoms with Crippen LogP contribution in [-0.4, -0.2) is 15.6 Å². The highest BCUT2D eigenvalue weighted by molar-refractivity contribution is 6.51. The lowest BCUT2D eigenvalue weighted by atomic mass is 10.1. The van der Waals surface area contributed by atoms with Crippen LogP contribution < -0.4 is 0 Å². The van der Waals surface area contributed by atoms with Crippen LogP contribution in [0.15, 0.2) is 30.3 Å². The van der Waals surface area contributed by atoms with Crippen LogP contribution in [0.5, 0.6) is 0 Å². The summed E-state index contributed by atoms with van der Waals surface area (Å²) in [6.45, 7) is 5.46. The van der Waals surface area contributed by atoms with E-state index >= 15 is 0 Å². The van der Waals surface area contributed by atoms with Gasteiger partial charge in [-0.15, -0.1) is 0 Å². The van der Waals surface area contributed by atoms with Gasteiger partial charge in [0.1, 0.15) is 0 Å². The first-order valence-electron chi connectivity index (χ1n) is 6.88. The summed E-state index contributed by atoms with van der Waals surface area (Å²) in [5.74, 6) is 0. The Morgan fingerprint density at radius 3 is 2.24 bits per heavy atom. The molecular weight excluding hydrogens is 224 g/mol. The molecule has 0 amide bonds. The summed E-state index contributed by atoms with van der Waals surface area (Å²) in [4.78, 5) is 0. The lowest BCUT2D eigenvalue weighted by Gasteiger charge is -2.13. The van der Waals surface area contributed by atoms with Crippen LogP contribution in [0, 0.1) is 0 Å². The Hall–Kier alpha value is -0.603.